The molecule has 0 saturated heterocycles. The van der Waals surface area contributed by atoms with Crippen molar-refractivity contribution in [3.05, 3.63) is 34.6 Å². The number of nitrogens with one attached hydrogen (secondary N) is 1. The molecule has 0 unspecified atom stereocenters. The molecule has 0 spiro atoms. The number of fused-ring (bicyclic) bond motifs is 1. The minimum atomic E-state index is -0.436. The minimum Gasteiger partial charge on any atom is -0.397 e. The number of benzene rings is 1. The van der Waals surface area contributed by atoms with Crippen LogP contribution in [0.2, 0.25) is 0 Å². The maximum Gasteiger partial charge on any atom is 0.271 e. The Morgan fingerprint density at radius 3 is 2.87 bits per heavy atom. The van der Waals surface area contributed by atoms with E-state index in [-0.39, 0.29) is 12.3 Å². The van der Waals surface area contributed by atoms with Crippen molar-refractivity contribution in [2.45, 2.75) is 6.92 Å². The predicted octanol–water partition coefficient (Wildman–Crippen LogP) is 1.47. The van der Waals surface area contributed by atoms with Crippen LogP contribution in [0.1, 0.15) is 6.92 Å². The molecule has 2 N–H and O–H groups in total. The first-order valence-corrected chi connectivity index (χ1v) is 4.37. The molecule has 1 aromatic carbocycles. The number of nitro benzene ring substituents is 1. The number of nitrogens with zero attached hydrogens (tertiary/aromatic N) is 2. The molecule has 80 valence electrons. The van der Waals surface area contributed by atoms with Gasteiger partial charge in [0.2, 0.25) is 0 Å². The summed E-state index contributed by atoms with van der Waals surface area (Å²) >= 11 is 0. The molecule has 0 aliphatic carbocycles. The van der Waals surface area contributed by atoms with Crippen LogP contribution < -0.4 is 0 Å². The van der Waals surface area contributed by atoms with Gasteiger partial charge in [-0.2, -0.15) is 0 Å². The van der Waals surface area contributed by atoms with Gasteiger partial charge in [-0.05, 0) is 13.0 Å². The molecule has 0 fully saturated rings. The van der Waals surface area contributed by atoms with Gasteiger partial charge in [0.1, 0.15) is 0 Å². The molecule has 0 aliphatic heterocycles. The monoisotopic (exact) mass is 209 g/mol. The molecule has 2 aromatic rings. The summed E-state index contributed by atoms with van der Waals surface area (Å²) in [7, 11) is 0. The first kappa shape index (κ1) is 11.1. The minimum absolute atomic E-state index is 0.0644. The van der Waals surface area contributed by atoms with Crippen LogP contribution in [0.4, 0.5) is 5.69 Å². The normalized spacial score (nSPS) is 9.47. The van der Waals surface area contributed by atoms with Crippen molar-refractivity contribution in [1.29, 1.82) is 0 Å². The molecule has 2 rings (SSSR count). The number of aliphatic hydroxyl groups excluding tert-OH is 1. The first-order chi connectivity index (χ1) is 7.19. The molecule has 1 aromatic heterocycles. The number of H-pyrrole nitrogens is 1. The van der Waals surface area contributed by atoms with Crippen LogP contribution in [-0.2, 0) is 0 Å². The van der Waals surface area contributed by atoms with Crippen molar-refractivity contribution in [2.24, 2.45) is 0 Å². The lowest BCUT2D eigenvalue weighted by Crippen LogP contribution is -1.86. The highest BCUT2D eigenvalue weighted by Gasteiger charge is 2.06. The van der Waals surface area contributed by atoms with E-state index in [0.29, 0.717) is 5.52 Å². The van der Waals surface area contributed by atoms with Gasteiger partial charge in [-0.1, -0.05) is 0 Å². The number of imidazole rings is 1. The second-order valence-corrected chi connectivity index (χ2v) is 2.68. The second kappa shape index (κ2) is 5.06. The summed E-state index contributed by atoms with van der Waals surface area (Å²) in [6, 6.07) is 4.52. The number of rotatable bonds is 1. The number of aliphatic hydroxyl groups is 1. The number of non-ortho nitro benzene ring substituents is 1. The number of aromatic nitrogens is 2. The molecular weight excluding hydrogens is 198 g/mol. The van der Waals surface area contributed by atoms with Crippen LogP contribution in [-0.4, -0.2) is 26.6 Å². The van der Waals surface area contributed by atoms with Crippen LogP contribution in [0, 0.1) is 10.1 Å². The van der Waals surface area contributed by atoms with Gasteiger partial charge in [-0.3, -0.25) is 10.1 Å². The van der Waals surface area contributed by atoms with Crippen molar-refractivity contribution in [1.82, 2.24) is 9.97 Å². The number of hydrogen-bond acceptors (Lipinski definition) is 4. The van der Waals surface area contributed by atoms with E-state index >= 15 is 0 Å². The largest absolute Gasteiger partial charge is 0.397 e. The van der Waals surface area contributed by atoms with E-state index in [2.05, 4.69) is 9.97 Å². The Balaban J connectivity index is 0.000000337. The predicted molar refractivity (Wildman–Crippen MR) is 55.5 cm³/mol. The molecule has 0 amide bonds. The second-order valence-electron chi connectivity index (χ2n) is 2.68. The fourth-order valence-electron chi connectivity index (χ4n) is 1.03. The lowest BCUT2D eigenvalue weighted by atomic mass is 10.3. The Bertz CT molecular complexity index is 453. The van der Waals surface area contributed by atoms with Crippen molar-refractivity contribution in [2.75, 3.05) is 6.61 Å². The van der Waals surface area contributed by atoms with E-state index in [1.807, 2.05) is 0 Å². The summed E-state index contributed by atoms with van der Waals surface area (Å²) in [5, 5.41) is 17.9. The quantitative estimate of drug-likeness (QED) is 0.549. The zero-order valence-corrected chi connectivity index (χ0v) is 8.17. The highest BCUT2D eigenvalue weighted by atomic mass is 16.6. The van der Waals surface area contributed by atoms with Gasteiger partial charge in [0.05, 0.1) is 22.3 Å². The third-order valence-electron chi connectivity index (χ3n) is 1.62. The van der Waals surface area contributed by atoms with Gasteiger partial charge in [-0.15, -0.1) is 0 Å². The van der Waals surface area contributed by atoms with E-state index < -0.39 is 4.92 Å². The highest BCUT2D eigenvalue weighted by Crippen LogP contribution is 2.16. The smallest absolute Gasteiger partial charge is 0.271 e. The van der Waals surface area contributed by atoms with Crippen LogP contribution >= 0.6 is 0 Å². The molecule has 0 radical (unpaired) electrons. The number of nitro groups is 1. The molecule has 0 saturated carbocycles. The van der Waals surface area contributed by atoms with Crippen molar-refractivity contribution in [3.63, 3.8) is 0 Å². The standard InChI is InChI=1S/C7H5N3O2.C2H6O/c11-10(12)5-1-2-6-7(3-5)9-4-8-6;1-2-3/h1-4H,(H,8,9);3H,2H2,1H3. The average Bonchev–Trinajstić information content (AvgIpc) is 2.65. The van der Waals surface area contributed by atoms with Gasteiger partial charge in [0, 0.05) is 18.7 Å². The third-order valence-corrected chi connectivity index (χ3v) is 1.62. The Morgan fingerprint density at radius 1 is 1.60 bits per heavy atom. The summed E-state index contributed by atoms with van der Waals surface area (Å²) in [6.07, 6.45) is 1.51. The summed E-state index contributed by atoms with van der Waals surface area (Å²) in [5.41, 5.74) is 1.49. The molecule has 6 heteroatoms. The van der Waals surface area contributed by atoms with Gasteiger partial charge >= 0.3 is 0 Å². The van der Waals surface area contributed by atoms with Gasteiger partial charge < -0.3 is 10.1 Å². The maximum absolute atomic E-state index is 10.3. The fourth-order valence-corrected chi connectivity index (χ4v) is 1.03. The zero-order chi connectivity index (χ0) is 11.3. The van der Waals surface area contributed by atoms with E-state index in [9.17, 15) is 10.1 Å². The fraction of sp³-hybridized carbons (Fsp3) is 0.222. The molecule has 6 nitrogen and oxygen atoms in total. The SMILES string of the molecule is CCO.O=[N+]([O-])c1ccc2[nH]cnc2c1. The lowest BCUT2D eigenvalue weighted by molar-refractivity contribution is -0.384. The summed E-state index contributed by atoms with van der Waals surface area (Å²) in [6.45, 7) is 1.93. The Labute approximate surface area is 85.7 Å². The maximum atomic E-state index is 10.3. The Morgan fingerprint density at radius 2 is 2.27 bits per heavy atom. The lowest BCUT2D eigenvalue weighted by Gasteiger charge is -1.89. The molecule has 15 heavy (non-hydrogen) atoms. The van der Waals surface area contributed by atoms with E-state index in [1.165, 1.54) is 18.5 Å². The van der Waals surface area contributed by atoms with Crippen LogP contribution in [0.3, 0.4) is 0 Å². The number of aromatic amines is 1. The van der Waals surface area contributed by atoms with Gasteiger partial charge in [-0.25, -0.2) is 4.98 Å². The van der Waals surface area contributed by atoms with E-state index in [1.54, 1.807) is 13.0 Å². The van der Waals surface area contributed by atoms with Crippen LogP contribution in [0.15, 0.2) is 24.5 Å². The topological polar surface area (TPSA) is 92.0 Å². The molecular formula is C9H11N3O3. The van der Waals surface area contributed by atoms with E-state index in [4.69, 9.17) is 5.11 Å². The summed E-state index contributed by atoms with van der Waals surface area (Å²) in [5.74, 6) is 0. The molecule has 0 bridgehead atoms. The van der Waals surface area contributed by atoms with Crippen molar-refractivity contribution < 1.29 is 10.0 Å². The number of hydrogen-bond donors (Lipinski definition) is 2. The third kappa shape index (κ3) is 2.75. The summed E-state index contributed by atoms with van der Waals surface area (Å²) in [4.78, 5) is 16.7. The molecule has 0 aliphatic rings. The Kier molecular flexibility index (Phi) is 3.75. The average molecular weight is 209 g/mol. The molecule has 0 atom stereocenters. The molecule has 1 heterocycles. The van der Waals surface area contributed by atoms with E-state index in [0.717, 1.165) is 5.52 Å². The van der Waals surface area contributed by atoms with Gasteiger partial charge in [0.25, 0.3) is 5.69 Å². The van der Waals surface area contributed by atoms with Crippen molar-refractivity contribution >= 4 is 16.7 Å². The highest BCUT2D eigenvalue weighted by molar-refractivity contribution is 5.76. The first-order valence-electron chi connectivity index (χ1n) is 4.37. The zero-order valence-electron chi connectivity index (χ0n) is 8.17. The summed E-state index contributed by atoms with van der Waals surface area (Å²) < 4.78 is 0. The van der Waals surface area contributed by atoms with Crippen molar-refractivity contribution in [3.8, 4) is 0 Å². The Hall–Kier alpha value is -1.95. The van der Waals surface area contributed by atoms with Crippen LogP contribution in [0.5, 0.6) is 0 Å². The van der Waals surface area contributed by atoms with Crippen LogP contribution in [0.25, 0.3) is 11.0 Å². The van der Waals surface area contributed by atoms with Gasteiger partial charge in [0.15, 0.2) is 0 Å².